The van der Waals surface area contributed by atoms with Gasteiger partial charge in [0.05, 0.1) is 12.2 Å². The first kappa shape index (κ1) is 14.3. The van der Waals surface area contributed by atoms with Crippen LogP contribution in [0.1, 0.15) is 37.9 Å². The van der Waals surface area contributed by atoms with Crippen LogP contribution in [0.5, 0.6) is 0 Å². The third-order valence-electron chi connectivity index (χ3n) is 3.56. The lowest BCUT2D eigenvalue weighted by molar-refractivity contribution is -0.0277. The van der Waals surface area contributed by atoms with E-state index in [2.05, 4.69) is 18.7 Å². The lowest BCUT2D eigenvalue weighted by Crippen LogP contribution is -2.48. The molecule has 4 heteroatoms. The minimum atomic E-state index is -0.191. The highest BCUT2D eigenvalue weighted by atomic mass is 19.1. The van der Waals surface area contributed by atoms with Gasteiger partial charge in [0, 0.05) is 24.8 Å². The summed E-state index contributed by atoms with van der Waals surface area (Å²) in [6, 6.07) is 3.28. The Morgan fingerprint density at radius 2 is 2.11 bits per heavy atom. The zero-order valence-electron chi connectivity index (χ0n) is 12.2. The van der Waals surface area contributed by atoms with Crippen LogP contribution in [-0.4, -0.2) is 25.3 Å². The third kappa shape index (κ3) is 3.07. The molecule has 1 atom stereocenters. The molecule has 1 aromatic carbocycles. The van der Waals surface area contributed by atoms with E-state index in [1.54, 1.807) is 13.0 Å². The summed E-state index contributed by atoms with van der Waals surface area (Å²) in [5.74, 6) is -0.191. The summed E-state index contributed by atoms with van der Waals surface area (Å²) < 4.78 is 19.5. The summed E-state index contributed by atoms with van der Waals surface area (Å²) in [6.45, 7) is 10.1. The van der Waals surface area contributed by atoms with Crippen molar-refractivity contribution >= 4 is 5.69 Å². The average molecular weight is 266 g/mol. The molecular weight excluding hydrogens is 243 g/mol. The van der Waals surface area contributed by atoms with E-state index in [9.17, 15) is 4.39 Å². The molecule has 2 N–H and O–H groups in total. The summed E-state index contributed by atoms with van der Waals surface area (Å²) in [7, 11) is 0. The molecular formula is C15H23FN2O. The highest BCUT2D eigenvalue weighted by Crippen LogP contribution is 2.31. The molecule has 0 aromatic heterocycles. The molecule has 0 spiro atoms. The largest absolute Gasteiger partial charge is 0.372 e. The molecule has 2 rings (SSSR count). The Morgan fingerprint density at radius 3 is 2.68 bits per heavy atom. The van der Waals surface area contributed by atoms with Crippen LogP contribution >= 0.6 is 0 Å². The lowest BCUT2D eigenvalue weighted by Gasteiger charge is -2.40. The van der Waals surface area contributed by atoms with Gasteiger partial charge >= 0.3 is 0 Å². The Morgan fingerprint density at radius 1 is 1.42 bits per heavy atom. The molecule has 0 radical (unpaired) electrons. The van der Waals surface area contributed by atoms with Gasteiger partial charge in [0.1, 0.15) is 5.82 Å². The van der Waals surface area contributed by atoms with Gasteiger partial charge in [-0.2, -0.15) is 0 Å². The number of halogens is 1. The predicted octanol–water partition coefficient (Wildman–Crippen LogP) is 2.77. The minimum absolute atomic E-state index is 0.184. The molecule has 1 saturated heterocycles. The van der Waals surface area contributed by atoms with Gasteiger partial charge in [-0.05, 0) is 51.0 Å². The second kappa shape index (κ2) is 5.10. The molecule has 1 aromatic rings. The van der Waals surface area contributed by atoms with Crippen molar-refractivity contribution in [3.8, 4) is 0 Å². The molecule has 1 fully saturated rings. The van der Waals surface area contributed by atoms with E-state index in [0.717, 1.165) is 24.3 Å². The molecule has 0 amide bonds. The number of benzene rings is 1. The van der Waals surface area contributed by atoms with E-state index in [4.69, 9.17) is 10.5 Å². The predicted molar refractivity (Wildman–Crippen MR) is 76.0 cm³/mol. The summed E-state index contributed by atoms with van der Waals surface area (Å²) in [4.78, 5) is 2.24. The van der Waals surface area contributed by atoms with Crippen LogP contribution in [0.2, 0.25) is 0 Å². The molecule has 1 heterocycles. The van der Waals surface area contributed by atoms with E-state index in [1.165, 1.54) is 0 Å². The van der Waals surface area contributed by atoms with Crippen LogP contribution < -0.4 is 10.6 Å². The summed E-state index contributed by atoms with van der Waals surface area (Å²) >= 11 is 0. The van der Waals surface area contributed by atoms with Crippen molar-refractivity contribution in [2.24, 2.45) is 5.73 Å². The van der Waals surface area contributed by atoms with E-state index in [0.29, 0.717) is 12.2 Å². The molecule has 106 valence electrons. The van der Waals surface area contributed by atoms with Gasteiger partial charge in [0.2, 0.25) is 0 Å². The Bertz CT molecular complexity index is 471. The Hall–Kier alpha value is -1.13. The highest BCUT2D eigenvalue weighted by molar-refractivity contribution is 5.57. The van der Waals surface area contributed by atoms with Gasteiger partial charge in [-0.3, -0.25) is 0 Å². The van der Waals surface area contributed by atoms with Gasteiger partial charge in [0.25, 0.3) is 0 Å². The summed E-state index contributed by atoms with van der Waals surface area (Å²) in [5, 5.41) is 0. The number of anilines is 1. The van der Waals surface area contributed by atoms with Crippen molar-refractivity contribution in [3.63, 3.8) is 0 Å². The van der Waals surface area contributed by atoms with E-state index < -0.39 is 0 Å². The number of rotatable bonds is 2. The number of nitrogens with zero attached hydrogens (tertiary/aromatic N) is 1. The van der Waals surface area contributed by atoms with Crippen molar-refractivity contribution in [2.45, 2.75) is 39.3 Å². The van der Waals surface area contributed by atoms with Crippen molar-refractivity contribution < 1.29 is 9.13 Å². The zero-order chi connectivity index (χ0) is 14.2. The second-order valence-electron chi connectivity index (χ2n) is 5.98. The van der Waals surface area contributed by atoms with Gasteiger partial charge in [-0.1, -0.05) is 0 Å². The first-order valence-corrected chi connectivity index (χ1v) is 6.75. The number of hydrogen-bond donors (Lipinski definition) is 1. The average Bonchev–Trinajstić information content (AvgIpc) is 2.30. The SMILES string of the molecule is Cc1cc(N2CCOC(C)(C)C2)c([C@@H](C)N)cc1F. The molecule has 0 unspecified atom stereocenters. The quantitative estimate of drug-likeness (QED) is 0.894. The Balaban J connectivity index is 2.40. The topological polar surface area (TPSA) is 38.5 Å². The fourth-order valence-corrected chi connectivity index (χ4v) is 2.54. The molecule has 1 aliphatic rings. The number of ether oxygens (including phenoxy) is 1. The first-order chi connectivity index (χ1) is 8.80. The molecule has 3 nitrogen and oxygen atoms in total. The summed E-state index contributed by atoms with van der Waals surface area (Å²) in [5.41, 5.74) is 8.35. The maximum atomic E-state index is 13.7. The van der Waals surface area contributed by atoms with Crippen LogP contribution in [0.3, 0.4) is 0 Å². The molecule has 0 bridgehead atoms. The number of hydrogen-bond acceptors (Lipinski definition) is 3. The van der Waals surface area contributed by atoms with Crippen molar-refractivity contribution in [3.05, 3.63) is 29.1 Å². The second-order valence-corrected chi connectivity index (χ2v) is 5.98. The van der Waals surface area contributed by atoms with Crippen LogP contribution in [0.4, 0.5) is 10.1 Å². The number of aryl methyl sites for hydroxylation is 1. The van der Waals surface area contributed by atoms with Crippen molar-refractivity contribution in [2.75, 3.05) is 24.6 Å². The van der Waals surface area contributed by atoms with Gasteiger partial charge in [-0.15, -0.1) is 0 Å². The maximum absolute atomic E-state index is 13.7. The van der Waals surface area contributed by atoms with E-state index >= 15 is 0 Å². The molecule has 0 aliphatic carbocycles. The third-order valence-corrected chi connectivity index (χ3v) is 3.56. The number of morpholine rings is 1. The zero-order valence-corrected chi connectivity index (χ0v) is 12.2. The van der Waals surface area contributed by atoms with Crippen molar-refractivity contribution in [1.82, 2.24) is 0 Å². The number of nitrogens with two attached hydrogens (primary N) is 1. The Labute approximate surface area is 114 Å². The highest BCUT2D eigenvalue weighted by Gasteiger charge is 2.29. The fraction of sp³-hybridized carbons (Fsp3) is 0.600. The van der Waals surface area contributed by atoms with Crippen molar-refractivity contribution in [1.29, 1.82) is 0 Å². The minimum Gasteiger partial charge on any atom is -0.372 e. The van der Waals surface area contributed by atoms with E-state index in [1.807, 2.05) is 13.0 Å². The van der Waals surface area contributed by atoms with Gasteiger partial charge in [0.15, 0.2) is 0 Å². The van der Waals surface area contributed by atoms with Crippen LogP contribution in [0, 0.1) is 12.7 Å². The normalized spacial score (nSPS) is 20.4. The molecule has 0 saturated carbocycles. The van der Waals surface area contributed by atoms with Crippen LogP contribution in [0.15, 0.2) is 12.1 Å². The Kier molecular flexibility index (Phi) is 3.83. The van der Waals surface area contributed by atoms with Gasteiger partial charge < -0.3 is 15.4 Å². The monoisotopic (exact) mass is 266 g/mol. The molecule has 1 aliphatic heterocycles. The first-order valence-electron chi connectivity index (χ1n) is 6.75. The fourth-order valence-electron chi connectivity index (χ4n) is 2.54. The van der Waals surface area contributed by atoms with Gasteiger partial charge in [-0.25, -0.2) is 4.39 Å². The van der Waals surface area contributed by atoms with Crippen LogP contribution in [-0.2, 0) is 4.74 Å². The molecule has 19 heavy (non-hydrogen) atoms. The summed E-state index contributed by atoms with van der Waals surface area (Å²) in [6.07, 6.45) is 0. The van der Waals surface area contributed by atoms with E-state index in [-0.39, 0.29) is 17.5 Å². The smallest absolute Gasteiger partial charge is 0.126 e. The maximum Gasteiger partial charge on any atom is 0.126 e. The lowest BCUT2D eigenvalue weighted by atomic mass is 10.00. The van der Waals surface area contributed by atoms with Crippen LogP contribution in [0.25, 0.3) is 0 Å². The standard InChI is InChI=1S/C15H23FN2O/c1-10-7-14(12(11(2)17)8-13(10)16)18-5-6-19-15(3,4)9-18/h7-8,11H,5-6,9,17H2,1-4H3/t11-/m1/s1.